The summed E-state index contributed by atoms with van der Waals surface area (Å²) >= 11 is 0. The van der Waals surface area contributed by atoms with E-state index in [4.69, 9.17) is 0 Å². The van der Waals surface area contributed by atoms with Crippen LogP contribution in [-0.2, 0) is 6.54 Å². The van der Waals surface area contributed by atoms with Gasteiger partial charge < -0.3 is 5.32 Å². The molecule has 0 saturated carbocycles. The maximum atomic E-state index is 4.27. The molecule has 0 bridgehead atoms. The van der Waals surface area contributed by atoms with E-state index in [2.05, 4.69) is 25.5 Å². The topological polar surface area (TPSA) is 68.0 Å². The molecular formula is C12H12N6. The monoisotopic (exact) mass is 240 g/mol. The Balaban J connectivity index is 1.85. The molecule has 0 saturated heterocycles. The largest absolute Gasteiger partial charge is 0.363 e. The van der Waals surface area contributed by atoms with Gasteiger partial charge in [-0.1, -0.05) is 0 Å². The number of hydrogen-bond acceptors (Lipinski definition) is 5. The Morgan fingerprint density at radius 2 is 2.28 bits per heavy atom. The van der Waals surface area contributed by atoms with Crippen LogP contribution < -0.4 is 5.32 Å². The summed E-state index contributed by atoms with van der Waals surface area (Å²) in [6.45, 7) is 2.73. The zero-order valence-corrected chi connectivity index (χ0v) is 9.91. The third kappa shape index (κ3) is 1.88. The molecular weight excluding hydrogens is 228 g/mol. The Morgan fingerprint density at radius 1 is 1.33 bits per heavy atom. The summed E-state index contributed by atoms with van der Waals surface area (Å²) in [6, 6.07) is 1.99. The summed E-state index contributed by atoms with van der Waals surface area (Å²) in [5.41, 5.74) is 3.07. The number of fused-ring (bicyclic) bond motifs is 1. The Hall–Kier alpha value is -2.50. The average Bonchev–Trinajstić information content (AvgIpc) is 2.86. The van der Waals surface area contributed by atoms with Gasteiger partial charge >= 0.3 is 0 Å². The lowest BCUT2D eigenvalue weighted by Crippen LogP contribution is -2.05. The molecule has 0 aliphatic rings. The second kappa shape index (κ2) is 4.40. The van der Waals surface area contributed by atoms with Crippen LogP contribution in [0, 0.1) is 6.92 Å². The van der Waals surface area contributed by atoms with Crippen LogP contribution in [0.5, 0.6) is 0 Å². The Kier molecular flexibility index (Phi) is 2.60. The number of aromatic nitrogens is 5. The molecule has 0 unspecified atom stereocenters. The quantitative estimate of drug-likeness (QED) is 0.750. The van der Waals surface area contributed by atoms with Crippen LogP contribution in [0.3, 0.4) is 0 Å². The number of pyridine rings is 1. The molecule has 3 aromatic heterocycles. The first-order valence-corrected chi connectivity index (χ1v) is 5.62. The van der Waals surface area contributed by atoms with Crippen molar-refractivity contribution in [2.45, 2.75) is 13.5 Å². The van der Waals surface area contributed by atoms with Gasteiger partial charge in [-0.2, -0.15) is 0 Å². The highest BCUT2D eigenvalue weighted by Gasteiger charge is 2.04. The fourth-order valence-corrected chi connectivity index (χ4v) is 1.76. The summed E-state index contributed by atoms with van der Waals surface area (Å²) in [4.78, 5) is 8.35. The molecule has 0 aliphatic carbocycles. The predicted molar refractivity (Wildman–Crippen MR) is 67.1 cm³/mol. The van der Waals surface area contributed by atoms with Crippen molar-refractivity contribution >= 4 is 11.5 Å². The van der Waals surface area contributed by atoms with Gasteiger partial charge in [-0.15, -0.1) is 10.2 Å². The number of hydrogen-bond donors (Lipinski definition) is 1. The molecule has 0 fully saturated rings. The molecule has 1 N–H and O–H groups in total. The number of rotatable bonds is 3. The zero-order valence-electron chi connectivity index (χ0n) is 9.91. The predicted octanol–water partition coefficient (Wildman–Crippen LogP) is 1.44. The third-order valence-electron chi connectivity index (χ3n) is 2.80. The first-order valence-electron chi connectivity index (χ1n) is 5.62. The maximum Gasteiger partial charge on any atom is 0.203 e. The van der Waals surface area contributed by atoms with Crippen LogP contribution in [0.1, 0.15) is 11.1 Å². The van der Waals surface area contributed by atoms with E-state index in [0.717, 1.165) is 17.0 Å². The molecule has 0 aromatic carbocycles. The van der Waals surface area contributed by atoms with Crippen molar-refractivity contribution in [2.24, 2.45) is 0 Å². The van der Waals surface area contributed by atoms with Crippen molar-refractivity contribution in [1.29, 1.82) is 0 Å². The number of nitrogens with one attached hydrogen (secondary N) is 1. The molecule has 0 radical (unpaired) electrons. The molecule has 0 atom stereocenters. The molecule has 0 aliphatic heterocycles. The summed E-state index contributed by atoms with van der Waals surface area (Å²) < 4.78 is 1.83. The molecule has 3 aromatic rings. The van der Waals surface area contributed by atoms with Crippen LogP contribution in [-0.4, -0.2) is 24.6 Å². The van der Waals surface area contributed by atoms with E-state index in [-0.39, 0.29) is 0 Å². The Bertz CT molecular complexity index is 675. The molecule has 18 heavy (non-hydrogen) atoms. The van der Waals surface area contributed by atoms with Gasteiger partial charge in [0.25, 0.3) is 0 Å². The van der Waals surface area contributed by atoms with Crippen LogP contribution in [0.2, 0.25) is 0 Å². The van der Waals surface area contributed by atoms with Crippen molar-refractivity contribution in [2.75, 3.05) is 5.32 Å². The molecule has 3 rings (SSSR count). The first-order chi connectivity index (χ1) is 8.84. The van der Waals surface area contributed by atoms with E-state index in [9.17, 15) is 0 Å². The van der Waals surface area contributed by atoms with Gasteiger partial charge in [0, 0.05) is 31.3 Å². The highest BCUT2D eigenvalue weighted by molar-refractivity contribution is 5.61. The number of aryl methyl sites for hydroxylation is 1. The fourth-order valence-electron chi connectivity index (χ4n) is 1.76. The summed E-state index contributed by atoms with van der Waals surface area (Å²) in [7, 11) is 0. The highest BCUT2D eigenvalue weighted by atomic mass is 15.2. The van der Waals surface area contributed by atoms with Gasteiger partial charge in [0.15, 0.2) is 5.82 Å². The average molecular weight is 240 g/mol. The van der Waals surface area contributed by atoms with E-state index in [1.54, 1.807) is 18.7 Å². The van der Waals surface area contributed by atoms with Crippen molar-refractivity contribution < 1.29 is 0 Å². The van der Waals surface area contributed by atoms with Gasteiger partial charge in [0.2, 0.25) is 5.65 Å². The van der Waals surface area contributed by atoms with Crippen molar-refractivity contribution in [3.63, 3.8) is 0 Å². The van der Waals surface area contributed by atoms with Gasteiger partial charge in [-0.3, -0.25) is 9.38 Å². The lowest BCUT2D eigenvalue weighted by atomic mass is 10.1. The minimum atomic E-state index is 0.688. The number of anilines is 1. The summed E-state index contributed by atoms with van der Waals surface area (Å²) in [6.07, 6.45) is 8.83. The highest BCUT2D eigenvalue weighted by Crippen LogP contribution is 2.12. The van der Waals surface area contributed by atoms with Gasteiger partial charge in [-0.05, 0) is 24.1 Å². The van der Waals surface area contributed by atoms with Crippen LogP contribution in [0.15, 0.2) is 37.2 Å². The van der Waals surface area contributed by atoms with E-state index >= 15 is 0 Å². The first kappa shape index (κ1) is 10.6. The van der Waals surface area contributed by atoms with Crippen molar-refractivity contribution in [3.05, 3.63) is 48.3 Å². The summed E-state index contributed by atoms with van der Waals surface area (Å²) in [5.74, 6) is 0.728. The van der Waals surface area contributed by atoms with E-state index in [0.29, 0.717) is 6.54 Å². The fraction of sp³-hybridized carbons (Fsp3) is 0.167. The SMILES string of the molecule is Cc1cnccc1CNc1nccn2cnnc12. The number of nitrogens with zero attached hydrogens (tertiary/aromatic N) is 5. The van der Waals surface area contributed by atoms with Crippen molar-refractivity contribution in [1.82, 2.24) is 24.6 Å². The van der Waals surface area contributed by atoms with Gasteiger partial charge in [0.1, 0.15) is 6.33 Å². The minimum Gasteiger partial charge on any atom is -0.363 e. The standard InChI is InChI=1S/C12H12N6/c1-9-6-13-3-2-10(9)7-15-11-12-17-16-8-18(12)5-4-14-11/h2-6,8H,7H2,1H3,(H,14,15). The van der Waals surface area contributed by atoms with Gasteiger partial charge in [0.05, 0.1) is 0 Å². The lowest BCUT2D eigenvalue weighted by molar-refractivity contribution is 1.05. The Morgan fingerprint density at radius 3 is 3.17 bits per heavy atom. The van der Waals surface area contributed by atoms with Crippen LogP contribution >= 0.6 is 0 Å². The molecule has 6 nitrogen and oxygen atoms in total. The van der Waals surface area contributed by atoms with E-state index < -0.39 is 0 Å². The smallest absolute Gasteiger partial charge is 0.203 e. The lowest BCUT2D eigenvalue weighted by Gasteiger charge is -2.08. The Labute approximate surface area is 104 Å². The van der Waals surface area contributed by atoms with Crippen molar-refractivity contribution in [3.8, 4) is 0 Å². The van der Waals surface area contributed by atoms with Crippen LogP contribution in [0.4, 0.5) is 5.82 Å². The van der Waals surface area contributed by atoms with E-state index in [1.807, 2.05) is 29.8 Å². The van der Waals surface area contributed by atoms with Gasteiger partial charge in [-0.25, -0.2) is 4.98 Å². The minimum absolute atomic E-state index is 0.688. The second-order valence-electron chi connectivity index (χ2n) is 3.99. The third-order valence-corrected chi connectivity index (χ3v) is 2.80. The molecule has 0 amide bonds. The molecule has 6 heteroatoms. The normalized spacial score (nSPS) is 10.7. The molecule has 3 heterocycles. The van der Waals surface area contributed by atoms with E-state index in [1.165, 1.54) is 5.56 Å². The molecule has 0 spiro atoms. The second-order valence-corrected chi connectivity index (χ2v) is 3.99. The van der Waals surface area contributed by atoms with Crippen LogP contribution in [0.25, 0.3) is 5.65 Å². The zero-order chi connectivity index (χ0) is 12.4. The maximum absolute atomic E-state index is 4.27. The molecule has 90 valence electrons. The summed E-state index contributed by atoms with van der Waals surface area (Å²) in [5, 5.41) is 11.2.